The molecule has 8 fully saturated rings. The van der Waals surface area contributed by atoms with Gasteiger partial charge in [-0.1, -0.05) is 77.1 Å². The number of benzene rings is 1. The van der Waals surface area contributed by atoms with E-state index in [2.05, 4.69) is 6.92 Å². The summed E-state index contributed by atoms with van der Waals surface area (Å²) in [6.45, 7) is 10.6. The van der Waals surface area contributed by atoms with Gasteiger partial charge in [-0.3, -0.25) is 4.79 Å². The zero-order chi connectivity index (χ0) is 40.7. The average molecular weight is 795 g/mol. The Kier molecular flexibility index (Phi) is 9.16. The van der Waals surface area contributed by atoms with Crippen molar-refractivity contribution in [2.24, 2.45) is 47.3 Å². The average Bonchev–Trinajstić information content (AvgIpc) is 3.72. The van der Waals surface area contributed by atoms with Crippen LogP contribution in [0.4, 0.5) is 0 Å². The molecular formula is C44H58O13. The molecule has 19 atom stereocenters. The van der Waals surface area contributed by atoms with Crippen molar-refractivity contribution in [2.45, 2.75) is 144 Å². The van der Waals surface area contributed by atoms with Crippen molar-refractivity contribution in [3.8, 4) is 0 Å². The van der Waals surface area contributed by atoms with E-state index in [0.717, 1.165) is 0 Å². The zero-order valence-electron chi connectivity index (χ0n) is 33.5. The molecule has 4 aliphatic carbocycles. The van der Waals surface area contributed by atoms with E-state index in [4.69, 9.17) is 28.4 Å². The number of fused-ring (bicyclic) bond motifs is 3. The quantitative estimate of drug-likeness (QED) is 0.216. The van der Waals surface area contributed by atoms with Crippen LogP contribution < -0.4 is 0 Å². The highest BCUT2D eigenvalue weighted by Crippen LogP contribution is 2.75. The molecule has 57 heavy (non-hydrogen) atoms. The first-order valence-corrected chi connectivity index (χ1v) is 20.9. The van der Waals surface area contributed by atoms with E-state index in [1.807, 2.05) is 45.9 Å². The van der Waals surface area contributed by atoms with Gasteiger partial charge in [0, 0.05) is 41.7 Å². The van der Waals surface area contributed by atoms with Gasteiger partial charge in [0.1, 0.15) is 53.4 Å². The van der Waals surface area contributed by atoms with E-state index in [0.29, 0.717) is 18.4 Å². The van der Waals surface area contributed by atoms with Crippen molar-refractivity contribution in [3.05, 3.63) is 60.2 Å². The Bertz CT molecular complexity index is 1830. The second-order valence-electron chi connectivity index (χ2n) is 19.3. The standard InChI is InChI=1S/C44H58O13/c1-22(2)18-32(47)52-29-14-10-11-15-31(46)53-34-23(3)19-30-41(34,50)38(48)40(21-45)36(54-40)33-37-43(51,39(6,49)20-26-16-17-28(29)24(26)4)35-25(5)42(30,33)57-44(55-35,56-37)27-12-8-7-9-13-27/h7-15,22-26,28-30,33-38,45,48-51H,16-21H2,1-6H3/b14-10-,15-11-/t23-,24-,25+,26+,28-,29+,30+,33-,34-,35-,36-,37+,38+,39+,40-,41+,42-,43-,44-/m0/s1. The number of rotatable bonds is 5. The number of carbonyl (C=O) groups excluding carboxylic acids is 2. The molecule has 4 saturated heterocycles. The highest BCUT2D eigenvalue weighted by atomic mass is 16.9. The molecule has 13 nitrogen and oxygen atoms in total. The summed E-state index contributed by atoms with van der Waals surface area (Å²) in [5, 5.41) is 63.3. The van der Waals surface area contributed by atoms with Gasteiger partial charge in [0.15, 0.2) is 0 Å². The van der Waals surface area contributed by atoms with Crippen LogP contribution in [-0.2, 0) is 44.0 Å². The van der Waals surface area contributed by atoms with Crippen LogP contribution in [0.1, 0.15) is 79.2 Å². The molecule has 10 bridgehead atoms. The Morgan fingerprint density at radius 1 is 0.965 bits per heavy atom. The second-order valence-corrected chi connectivity index (χ2v) is 19.3. The summed E-state index contributed by atoms with van der Waals surface area (Å²) >= 11 is 0. The van der Waals surface area contributed by atoms with Gasteiger partial charge in [-0.15, -0.1) is 0 Å². The summed E-state index contributed by atoms with van der Waals surface area (Å²) in [4.78, 5) is 26.7. The molecule has 0 unspecified atom stereocenters. The van der Waals surface area contributed by atoms with E-state index in [1.165, 1.54) is 12.2 Å². The highest BCUT2D eigenvalue weighted by molar-refractivity contribution is 5.82. The van der Waals surface area contributed by atoms with Crippen molar-refractivity contribution in [2.75, 3.05) is 6.61 Å². The number of carbonyl (C=O) groups is 2. The fourth-order valence-electron chi connectivity index (χ4n) is 13.0. The van der Waals surface area contributed by atoms with Gasteiger partial charge >= 0.3 is 17.9 Å². The van der Waals surface area contributed by atoms with Crippen LogP contribution in [0.25, 0.3) is 0 Å². The Labute approximate surface area is 333 Å². The maximum atomic E-state index is 13.7. The number of hydrogen-bond acceptors (Lipinski definition) is 13. The molecule has 1 spiro atoms. The number of esters is 2. The third-order valence-corrected chi connectivity index (χ3v) is 15.8. The predicted octanol–water partition coefficient (Wildman–Crippen LogP) is 3.04. The summed E-state index contributed by atoms with van der Waals surface area (Å²) in [7, 11) is 0. The van der Waals surface area contributed by atoms with Gasteiger partial charge in [0.25, 0.3) is 0 Å². The molecule has 5 aliphatic heterocycles. The van der Waals surface area contributed by atoms with Crippen molar-refractivity contribution in [1.29, 1.82) is 0 Å². The number of aliphatic hydroxyl groups excluding tert-OH is 2. The summed E-state index contributed by atoms with van der Waals surface area (Å²) in [6.07, 6.45) is 1.15. The molecule has 13 heteroatoms. The molecule has 1 aromatic rings. The van der Waals surface area contributed by atoms with Crippen LogP contribution in [0.5, 0.6) is 0 Å². The van der Waals surface area contributed by atoms with Crippen LogP contribution in [0.15, 0.2) is 54.6 Å². The summed E-state index contributed by atoms with van der Waals surface area (Å²) in [5.74, 6) is -6.33. The Morgan fingerprint density at radius 2 is 1.68 bits per heavy atom. The lowest BCUT2D eigenvalue weighted by Crippen LogP contribution is -2.89. The molecule has 4 saturated carbocycles. The second kappa shape index (κ2) is 13.1. The molecular weight excluding hydrogens is 736 g/mol. The molecule has 5 N–H and O–H groups in total. The van der Waals surface area contributed by atoms with Gasteiger partial charge in [-0.05, 0) is 62.4 Å². The largest absolute Gasteiger partial charge is 0.458 e. The maximum Gasteiger partial charge on any atom is 0.331 e. The van der Waals surface area contributed by atoms with E-state index < -0.39 is 107 Å². The van der Waals surface area contributed by atoms with Gasteiger partial charge < -0.3 is 54.0 Å². The molecule has 1 aromatic carbocycles. The number of allylic oxidation sites excluding steroid dienone is 2. The summed E-state index contributed by atoms with van der Waals surface area (Å²) in [6, 6.07) is 9.04. The minimum atomic E-state index is -2.21. The number of hydrogen-bond donors (Lipinski definition) is 5. The third kappa shape index (κ3) is 5.26. The van der Waals surface area contributed by atoms with Crippen LogP contribution in [0, 0.1) is 47.3 Å². The maximum absolute atomic E-state index is 13.7. The summed E-state index contributed by atoms with van der Waals surface area (Å²) in [5.41, 5.74) is -8.82. The Balaban J connectivity index is 1.22. The minimum absolute atomic E-state index is 0.0620. The fraction of sp³-hybridized carbons (Fsp3) is 0.727. The van der Waals surface area contributed by atoms with Crippen LogP contribution in [0.3, 0.4) is 0 Å². The van der Waals surface area contributed by atoms with Crippen molar-refractivity contribution >= 4 is 11.9 Å². The first-order chi connectivity index (χ1) is 26.9. The zero-order valence-corrected chi connectivity index (χ0v) is 33.5. The Hall–Kier alpha value is -2.72. The summed E-state index contributed by atoms with van der Waals surface area (Å²) < 4.78 is 39.5. The number of epoxide rings is 1. The van der Waals surface area contributed by atoms with Gasteiger partial charge in [-0.25, -0.2) is 4.79 Å². The molecule has 10 rings (SSSR count). The fourth-order valence-corrected chi connectivity index (χ4v) is 13.0. The molecule has 312 valence electrons. The molecule has 9 aliphatic rings. The monoisotopic (exact) mass is 794 g/mol. The lowest BCUT2D eigenvalue weighted by atomic mass is 9.49. The van der Waals surface area contributed by atoms with Crippen LogP contribution >= 0.6 is 0 Å². The smallest absolute Gasteiger partial charge is 0.331 e. The van der Waals surface area contributed by atoms with E-state index in [9.17, 15) is 35.1 Å². The van der Waals surface area contributed by atoms with Gasteiger partial charge in [0.05, 0.1) is 17.8 Å². The predicted molar refractivity (Wildman–Crippen MR) is 200 cm³/mol. The van der Waals surface area contributed by atoms with Crippen LogP contribution in [-0.4, -0.2) is 109 Å². The van der Waals surface area contributed by atoms with E-state index in [-0.39, 0.29) is 48.9 Å². The lowest BCUT2D eigenvalue weighted by molar-refractivity contribution is -0.595. The van der Waals surface area contributed by atoms with Crippen molar-refractivity contribution < 1.29 is 63.5 Å². The van der Waals surface area contributed by atoms with Crippen molar-refractivity contribution in [1.82, 2.24) is 0 Å². The normalized spacial score (nSPS) is 54.4. The number of ether oxygens (including phenoxy) is 6. The van der Waals surface area contributed by atoms with Gasteiger partial charge in [-0.2, -0.15) is 0 Å². The lowest BCUT2D eigenvalue weighted by Gasteiger charge is -2.74. The van der Waals surface area contributed by atoms with Crippen molar-refractivity contribution in [3.63, 3.8) is 0 Å². The molecule has 0 aromatic heterocycles. The van der Waals surface area contributed by atoms with E-state index in [1.54, 1.807) is 31.2 Å². The minimum Gasteiger partial charge on any atom is -0.458 e. The SMILES string of the molecule is CC(C)CC(=O)O[C@@H]1/C=C\C=C/C(=O)O[C@H]2[C@@H](C)C[C@@H]3[C@]2(O)[C@H](O)[C@@]2(CO)O[C@H]2[C@H]2[C@H]4O[C@]5(c6ccccc6)O[C@@H]([C@@H](C)[C@@]23O5)[C@@]4(O)[C@](C)(O)C[C@H]2CC[C@H]1[C@H]2C. The first-order valence-electron chi connectivity index (χ1n) is 20.9. The van der Waals surface area contributed by atoms with E-state index >= 15 is 0 Å². The third-order valence-electron chi connectivity index (χ3n) is 15.8. The van der Waals surface area contributed by atoms with Gasteiger partial charge in [0.2, 0.25) is 0 Å². The van der Waals surface area contributed by atoms with Crippen LogP contribution in [0.2, 0.25) is 0 Å². The molecule has 0 radical (unpaired) electrons. The Morgan fingerprint density at radius 3 is 2.39 bits per heavy atom. The molecule has 5 heterocycles. The topological polar surface area (TPSA) is 194 Å². The first kappa shape index (κ1) is 39.7. The highest BCUT2D eigenvalue weighted by Gasteiger charge is 2.91. The molecule has 0 amide bonds. The number of aliphatic hydroxyl groups is 5.